The van der Waals surface area contributed by atoms with Gasteiger partial charge in [-0.2, -0.15) is 0 Å². The zero-order valence-corrected chi connectivity index (χ0v) is 14.5. The van der Waals surface area contributed by atoms with E-state index in [9.17, 15) is 24.8 Å². The zero-order valence-electron chi connectivity index (χ0n) is 14.5. The molecule has 26 heavy (non-hydrogen) atoms. The third kappa shape index (κ3) is 4.29. The van der Waals surface area contributed by atoms with Crippen molar-refractivity contribution in [1.82, 2.24) is 10.6 Å². The van der Waals surface area contributed by atoms with E-state index in [1.807, 2.05) is 13.8 Å². The van der Waals surface area contributed by atoms with Crippen molar-refractivity contribution in [3.05, 3.63) is 46.2 Å². The van der Waals surface area contributed by atoms with Crippen molar-refractivity contribution in [3.63, 3.8) is 0 Å². The molecular weight excluding hydrogens is 342 g/mol. The molecule has 0 aromatic heterocycles. The van der Waals surface area contributed by atoms with Gasteiger partial charge in [0.15, 0.2) is 0 Å². The Morgan fingerprint density at radius 3 is 2.73 bits per heavy atom. The summed E-state index contributed by atoms with van der Waals surface area (Å²) in [6, 6.07) is 1.90. The number of carbonyl (C=O) groups excluding carboxylic acids is 2. The topological polar surface area (TPSA) is 134 Å². The molecule has 140 valence electrons. The molecule has 0 aliphatic carbocycles. The van der Waals surface area contributed by atoms with Crippen LogP contribution in [0.15, 0.2) is 30.5 Å². The smallest absolute Gasteiger partial charge is 0.319 e. The standard InChI is InChI=1S/C17H21N3O6/c1-9(2)6-7-26-16(22)14-10(3)18-17(23)19-15(14)11-4-5-13(21)12(8-11)20(24)25/h4-5,8-9,14-15,21H,3,6-7H2,1-2H3,(H2,18,19,23)/p-1. The summed E-state index contributed by atoms with van der Waals surface area (Å²) in [7, 11) is 0. The van der Waals surface area contributed by atoms with Gasteiger partial charge in [0.1, 0.15) is 5.92 Å². The van der Waals surface area contributed by atoms with Crippen LogP contribution in [0.1, 0.15) is 31.9 Å². The van der Waals surface area contributed by atoms with Gasteiger partial charge in [-0.25, -0.2) is 4.79 Å². The van der Waals surface area contributed by atoms with E-state index in [1.54, 1.807) is 0 Å². The fraction of sp³-hybridized carbons (Fsp3) is 0.412. The summed E-state index contributed by atoms with van der Waals surface area (Å²) >= 11 is 0. The van der Waals surface area contributed by atoms with Crippen molar-refractivity contribution in [2.45, 2.75) is 26.3 Å². The van der Waals surface area contributed by atoms with Crippen LogP contribution < -0.4 is 15.7 Å². The van der Waals surface area contributed by atoms with Crippen molar-refractivity contribution in [2.24, 2.45) is 11.8 Å². The van der Waals surface area contributed by atoms with Gasteiger partial charge in [-0.3, -0.25) is 14.9 Å². The van der Waals surface area contributed by atoms with Gasteiger partial charge < -0.3 is 20.5 Å². The molecular formula is C17H20N3O6-. The first kappa shape index (κ1) is 19.2. The van der Waals surface area contributed by atoms with Crippen LogP contribution in [0.2, 0.25) is 0 Å². The summed E-state index contributed by atoms with van der Waals surface area (Å²) in [5.41, 5.74) is -0.256. The Hall–Kier alpha value is -3.10. The lowest BCUT2D eigenvalue weighted by molar-refractivity contribution is -0.398. The Morgan fingerprint density at radius 1 is 1.42 bits per heavy atom. The average Bonchev–Trinajstić information content (AvgIpc) is 2.53. The Balaban J connectivity index is 2.31. The van der Waals surface area contributed by atoms with Crippen molar-refractivity contribution in [2.75, 3.05) is 6.61 Å². The first-order chi connectivity index (χ1) is 12.2. The Kier molecular flexibility index (Phi) is 5.81. The minimum Gasteiger partial charge on any atom is -0.868 e. The number of nitrogens with one attached hydrogen (secondary N) is 2. The van der Waals surface area contributed by atoms with Crippen LogP contribution in [-0.2, 0) is 9.53 Å². The number of hydrogen-bond acceptors (Lipinski definition) is 6. The van der Waals surface area contributed by atoms with E-state index in [2.05, 4.69) is 17.2 Å². The molecule has 1 saturated heterocycles. The lowest BCUT2D eigenvalue weighted by atomic mass is 9.88. The quantitative estimate of drug-likeness (QED) is 0.450. The van der Waals surface area contributed by atoms with Crippen molar-refractivity contribution in [3.8, 4) is 5.75 Å². The van der Waals surface area contributed by atoms with Crippen LogP contribution in [0.25, 0.3) is 0 Å². The number of nitrogens with zero attached hydrogens (tertiary/aromatic N) is 1. The largest absolute Gasteiger partial charge is 0.868 e. The monoisotopic (exact) mass is 362 g/mol. The van der Waals surface area contributed by atoms with E-state index in [0.717, 1.165) is 12.1 Å². The van der Waals surface area contributed by atoms with E-state index in [-0.39, 0.29) is 17.9 Å². The van der Waals surface area contributed by atoms with E-state index < -0.39 is 40.3 Å². The molecule has 2 rings (SSSR count). The molecule has 1 aliphatic heterocycles. The second-order valence-corrected chi connectivity index (χ2v) is 6.41. The van der Waals surface area contributed by atoms with Crippen LogP contribution in [0.3, 0.4) is 0 Å². The number of hydrogen-bond donors (Lipinski definition) is 2. The summed E-state index contributed by atoms with van der Waals surface area (Å²) in [6.45, 7) is 7.88. The second kappa shape index (κ2) is 7.85. The van der Waals surface area contributed by atoms with Gasteiger partial charge in [0.05, 0.1) is 17.6 Å². The Morgan fingerprint density at radius 2 is 2.12 bits per heavy atom. The van der Waals surface area contributed by atoms with E-state index in [1.165, 1.54) is 6.07 Å². The molecule has 1 aliphatic rings. The minimum atomic E-state index is -0.975. The van der Waals surface area contributed by atoms with Gasteiger partial charge in [-0.15, -0.1) is 0 Å². The van der Waals surface area contributed by atoms with Crippen LogP contribution in [0, 0.1) is 22.0 Å². The van der Waals surface area contributed by atoms with E-state index >= 15 is 0 Å². The molecule has 0 spiro atoms. The molecule has 9 heteroatoms. The lowest BCUT2D eigenvalue weighted by Crippen LogP contribution is -2.51. The summed E-state index contributed by atoms with van der Waals surface area (Å²) < 4.78 is 5.26. The molecule has 0 saturated carbocycles. The summed E-state index contributed by atoms with van der Waals surface area (Å²) in [6.07, 6.45) is 0.672. The highest BCUT2D eigenvalue weighted by Gasteiger charge is 2.39. The maximum Gasteiger partial charge on any atom is 0.319 e. The molecule has 0 bridgehead atoms. The normalized spacial score (nSPS) is 19.7. The molecule has 1 aromatic rings. The molecule has 2 unspecified atom stereocenters. The highest BCUT2D eigenvalue weighted by Crippen LogP contribution is 2.34. The molecule has 2 N–H and O–H groups in total. The number of ether oxygens (including phenoxy) is 1. The summed E-state index contributed by atoms with van der Waals surface area (Å²) in [5, 5.41) is 27.6. The number of urea groups is 1. The number of nitro benzene ring substituents is 1. The predicted octanol–water partition coefficient (Wildman–Crippen LogP) is 1.74. The zero-order chi connectivity index (χ0) is 19.4. The number of esters is 1. The van der Waals surface area contributed by atoms with Crippen molar-refractivity contribution in [1.29, 1.82) is 0 Å². The van der Waals surface area contributed by atoms with Crippen LogP contribution in [0.4, 0.5) is 10.5 Å². The van der Waals surface area contributed by atoms with Gasteiger partial charge in [0, 0.05) is 11.8 Å². The number of nitro groups is 1. The number of carbonyl (C=O) groups is 2. The van der Waals surface area contributed by atoms with Crippen molar-refractivity contribution < 1.29 is 24.4 Å². The average molecular weight is 362 g/mol. The maximum absolute atomic E-state index is 12.5. The molecule has 1 heterocycles. The fourth-order valence-corrected chi connectivity index (χ4v) is 2.60. The SMILES string of the molecule is C=C1NC(=O)NC(c2ccc([O-])c([N+](=O)[O-])c2)C1C(=O)OCCC(C)C. The van der Waals surface area contributed by atoms with Crippen molar-refractivity contribution >= 4 is 17.7 Å². The highest BCUT2D eigenvalue weighted by molar-refractivity contribution is 5.85. The van der Waals surface area contributed by atoms with Gasteiger partial charge in [0.25, 0.3) is 5.69 Å². The van der Waals surface area contributed by atoms with Crippen LogP contribution in [0.5, 0.6) is 5.75 Å². The van der Waals surface area contributed by atoms with Crippen LogP contribution >= 0.6 is 0 Å². The molecule has 2 amide bonds. The molecule has 1 fully saturated rings. The molecule has 9 nitrogen and oxygen atoms in total. The second-order valence-electron chi connectivity index (χ2n) is 6.41. The maximum atomic E-state index is 12.5. The number of amides is 2. The van der Waals surface area contributed by atoms with Crippen LogP contribution in [-0.4, -0.2) is 23.5 Å². The third-order valence-electron chi connectivity index (χ3n) is 4.00. The third-order valence-corrected chi connectivity index (χ3v) is 4.00. The Labute approximate surface area is 150 Å². The number of benzene rings is 1. The first-order valence-corrected chi connectivity index (χ1v) is 8.09. The predicted molar refractivity (Wildman–Crippen MR) is 90.0 cm³/mol. The van der Waals surface area contributed by atoms with Gasteiger partial charge >= 0.3 is 12.0 Å². The van der Waals surface area contributed by atoms with Gasteiger partial charge in [-0.1, -0.05) is 32.6 Å². The molecule has 1 aromatic carbocycles. The fourth-order valence-electron chi connectivity index (χ4n) is 2.60. The Bertz CT molecular complexity index is 746. The lowest BCUT2D eigenvalue weighted by Gasteiger charge is -2.33. The summed E-state index contributed by atoms with van der Waals surface area (Å²) in [4.78, 5) is 34.5. The summed E-state index contributed by atoms with van der Waals surface area (Å²) in [5.74, 6) is -1.99. The van der Waals surface area contributed by atoms with E-state index in [4.69, 9.17) is 4.74 Å². The first-order valence-electron chi connectivity index (χ1n) is 8.09. The molecule has 0 radical (unpaired) electrons. The minimum absolute atomic E-state index is 0.127. The molecule has 2 atom stereocenters. The van der Waals surface area contributed by atoms with Gasteiger partial charge in [-0.05, 0) is 23.7 Å². The number of rotatable bonds is 6. The highest BCUT2D eigenvalue weighted by atomic mass is 16.6. The van der Waals surface area contributed by atoms with E-state index in [0.29, 0.717) is 12.3 Å². The van der Waals surface area contributed by atoms with Gasteiger partial charge in [0.2, 0.25) is 0 Å².